The van der Waals surface area contributed by atoms with Crippen molar-refractivity contribution in [3.8, 4) is 0 Å². The van der Waals surface area contributed by atoms with Gasteiger partial charge in [0.1, 0.15) is 0 Å². The largest absolute Gasteiger partial charge is 0.359 e. The van der Waals surface area contributed by atoms with Crippen molar-refractivity contribution in [1.29, 1.82) is 0 Å². The van der Waals surface area contributed by atoms with Crippen LogP contribution in [0.2, 0.25) is 0 Å². The van der Waals surface area contributed by atoms with E-state index in [0.29, 0.717) is 13.0 Å². The number of hydrogen-bond acceptors (Lipinski definition) is 2. The van der Waals surface area contributed by atoms with Crippen LogP contribution in [0.25, 0.3) is 0 Å². The molecule has 0 aromatic rings. The van der Waals surface area contributed by atoms with E-state index in [1.807, 2.05) is 0 Å². The molecule has 0 aliphatic carbocycles. The Labute approximate surface area is 77.5 Å². The van der Waals surface area contributed by atoms with Crippen molar-refractivity contribution >= 4 is 11.9 Å². The number of nitrogens with zero attached hydrogens (tertiary/aromatic N) is 1. The van der Waals surface area contributed by atoms with Crippen LogP contribution in [-0.2, 0) is 4.79 Å². The molecule has 0 radical (unpaired) electrons. The minimum absolute atomic E-state index is 0.0293. The van der Waals surface area contributed by atoms with Crippen molar-refractivity contribution in [2.75, 3.05) is 26.7 Å². The molecular weight excluding hydrogens is 170 g/mol. The van der Waals surface area contributed by atoms with Gasteiger partial charge in [-0.15, -0.1) is 0 Å². The molecule has 1 aliphatic heterocycles. The van der Waals surface area contributed by atoms with E-state index in [1.165, 1.54) is 0 Å². The van der Waals surface area contributed by atoms with Crippen LogP contribution in [0.4, 0.5) is 4.79 Å². The number of carbonyl (C=O) groups is 2. The Balaban J connectivity index is 2.26. The third kappa shape index (κ3) is 2.93. The zero-order valence-corrected chi connectivity index (χ0v) is 7.80. The Hall–Kier alpha value is -1.26. The molecule has 1 fully saturated rings. The molecule has 0 spiro atoms. The Bertz CT molecular complexity index is 206. The van der Waals surface area contributed by atoms with Crippen LogP contribution in [0.15, 0.2) is 0 Å². The first-order valence-electron chi connectivity index (χ1n) is 4.47. The summed E-state index contributed by atoms with van der Waals surface area (Å²) in [5.41, 5.74) is 0. The molecule has 0 atom stereocenters. The number of hydrogen-bond donors (Lipinski definition) is 2. The van der Waals surface area contributed by atoms with Crippen molar-refractivity contribution < 1.29 is 9.59 Å². The molecular formula is C8H15N3O2. The van der Waals surface area contributed by atoms with Crippen LogP contribution in [0.1, 0.15) is 12.8 Å². The molecule has 0 bridgehead atoms. The van der Waals surface area contributed by atoms with E-state index in [4.69, 9.17) is 0 Å². The summed E-state index contributed by atoms with van der Waals surface area (Å²) in [6.45, 7) is 2.00. The maximum atomic E-state index is 11.2. The molecule has 5 heteroatoms. The number of urea groups is 1. The molecule has 74 valence electrons. The predicted octanol–water partition coefficient (Wildman–Crippen LogP) is -0.462. The van der Waals surface area contributed by atoms with Crippen molar-refractivity contribution in [2.24, 2.45) is 0 Å². The zero-order valence-electron chi connectivity index (χ0n) is 7.80. The van der Waals surface area contributed by atoms with Gasteiger partial charge in [-0.3, -0.25) is 4.79 Å². The highest BCUT2D eigenvalue weighted by Gasteiger charge is 2.17. The SMILES string of the molecule is CNC(=O)CCN1CCCNC1=O. The van der Waals surface area contributed by atoms with Gasteiger partial charge in [0.2, 0.25) is 5.91 Å². The maximum absolute atomic E-state index is 11.2. The normalized spacial score (nSPS) is 16.7. The fourth-order valence-corrected chi connectivity index (χ4v) is 1.25. The van der Waals surface area contributed by atoms with Crippen LogP contribution >= 0.6 is 0 Å². The Morgan fingerprint density at radius 2 is 2.46 bits per heavy atom. The van der Waals surface area contributed by atoms with E-state index in [2.05, 4.69) is 10.6 Å². The van der Waals surface area contributed by atoms with Gasteiger partial charge in [-0.2, -0.15) is 0 Å². The van der Waals surface area contributed by atoms with Gasteiger partial charge in [-0.25, -0.2) is 4.79 Å². The minimum atomic E-state index is -0.0600. The van der Waals surface area contributed by atoms with Gasteiger partial charge in [0, 0.05) is 33.1 Å². The summed E-state index contributed by atoms with van der Waals surface area (Å²) < 4.78 is 0. The zero-order chi connectivity index (χ0) is 9.68. The lowest BCUT2D eigenvalue weighted by molar-refractivity contribution is -0.120. The summed E-state index contributed by atoms with van der Waals surface area (Å²) in [5.74, 6) is -0.0293. The van der Waals surface area contributed by atoms with Gasteiger partial charge < -0.3 is 15.5 Å². The second-order valence-electron chi connectivity index (χ2n) is 3.00. The van der Waals surface area contributed by atoms with Gasteiger partial charge >= 0.3 is 6.03 Å². The topological polar surface area (TPSA) is 61.4 Å². The Kier molecular flexibility index (Phi) is 3.54. The first kappa shape index (κ1) is 9.83. The summed E-state index contributed by atoms with van der Waals surface area (Å²) in [6.07, 6.45) is 1.34. The molecule has 1 rings (SSSR count). The molecule has 1 aliphatic rings. The summed E-state index contributed by atoms with van der Waals surface area (Å²) >= 11 is 0. The fraction of sp³-hybridized carbons (Fsp3) is 0.750. The smallest absolute Gasteiger partial charge is 0.317 e. The van der Waals surface area contributed by atoms with E-state index >= 15 is 0 Å². The predicted molar refractivity (Wildman–Crippen MR) is 48.3 cm³/mol. The van der Waals surface area contributed by atoms with Crippen LogP contribution in [0.3, 0.4) is 0 Å². The van der Waals surface area contributed by atoms with Crippen LogP contribution in [0.5, 0.6) is 0 Å². The highest BCUT2D eigenvalue weighted by atomic mass is 16.2. The van der Waals surface area contributed by atoms with Gasteiger partial charge in [-0.05, 0) is 6.42 Å². The average molecular weight is 185 g/mol. The molecule has 13 heavy (non-hydrogen) atoms. The third-order valence-corrected chi connectivity index (χ3v) is 2.06. The number of rotatable bonds is 3. The molecule has 0 saturated carbocycles. The fourth-order valence-electron chi connectivity index (χ4n) is 1.25. The molecule has 5 nitrogen and oxygen atoms in total. The van der Waals surface area contributed by atoms with Crippen LogP contribution in [-0.4, -0.2) is 43.5 Å². The van der Waals surface area contributed by atoms with Gasteiger partial charge in [-0.1, -0.05) is 0 Å². The standard InChI is InChI=1S/C8H15N3O2/c1-9-7(12)3-6-11-5-2-4-10-8(11)13/h2-6H2,1H3,(H,9,12)(H,10,13). The second kappa shape index (κ2) is 4.69. The van der Waals surface area contributed by atoms with Gasteiger partial charge in [0.05, 0.1) is 0 Å². The van der Waals surface area contributed by atoms with Crippen molar-refractivity contribution in [2.45, 2.75) is 12.8 Å². The molecule has 0 unspecified atom stereocenters. The molecule has 0 aromatic heterocycles. The summed E-state index contributed by atoms with van der Waals surface area (Å²) in [7, 11) is 1.60. The van der Waals surface area contributed by atoms with Crippen LogP contribution < -0.4 is 10.6 Å². The quantitative estimate of drug-likeness (QED) is 0.625. The monoisotopic (exact) mass is 185 g/mol. The first-order valence-corrected chi connectivity index (χ1v) is 4.47. The maximum Gasteiger partial charge on any atom is 0.317 e. The summed E-state index contributed by atoms with van der Waals surface area (Å²) in [5, 5.41) is 5.25. The van der Waals surface area contributed by atoms with E-state index in [0.717, 1.165) is 19.5 Å². The average Bonchev–Trinajstić information content (AvgIpc) is 2.16. The van der Waals surface area contributed by atoms with Crippen molar-refractivity contribution in [3.63, 3.8) is 0 Å². The second-order valence-corrected chi connectivity index (χ2v) is 3.00. The van der Waals surface area contributed by atoms with E-state index < -0.39 is 0 Å². The lowest BCUT2D eigenvalue weighted by Crippen LogP contribution is -2.47. The molecule has 1 heterocycles. The lowest BCUT2D eigenvalue weighted by Gasteiger charge is -2.26. The number of carbonyl (C=O) groups excluding carboxylic acids is 2. The molecule has 1 saturated heterocycles. The number of nitrogens with one attached hydrogen (secondary N) is 2. The highest BCUT2D eigenvalue weighted by molar-refractivity contribution is 5.78. The van der Waals surface area contributed by atoms with E-state index in [-0.39, 0.29) is 11.9 Å². The number of amides is 3. The minimum Gasteiger partial charge on any atom is -0.359 e. The Morgan fingerprint density at radius 1 is 1.69 bits per heavy atom. The van der Waals surface area contributed by atoms with Crippen molar-refractivity contribution in [3.05, 3.63) is 0 Å². The van der Waals surface area contributed by atoms with Crippen LogP contribution in [0, 0.1) is 0 Å². The van der Waals surface area contributed by atoms with Gasteiger partial charge in [0.25, 0.3) is 0 Å². The van der Waals surface area contributed by atoms with E-state index in [9.17, 15) is 9.59 Å². The molecule has 0 aromatic carbocycles. The lowest BCUT2D eigenvalue weighted by atomic mass is 10.3. The molecule has 2 N–H and O–H groups in total. The molecule has 3 amide bonds. The Morgan fingerprint density at radius 3 is 3.08 bits per heavy atom. The van der Waals surface area contributed by atoms with E-state index in [1.54, 1.807) is 11.9 Å². The van der Waals surface area contributed by atoms with Crippen molar-refractivity contribution in [1.82, 2.24) is 15.5 Å². The van der Waals surface area contributed by atoms with Gasteiger partial charge in [0.15, 0.2) is 0 Å². The summed E-state index contributed by atoms with van der Waals surface area (Å²) in [4.78, 5) is 23.7. The summed E-state index contributed by atoms with van der Waals surface area (Å²) in [6, 6.07) is -0.0600. The highest BCUT2D eigenvalue weighted by Crippen LogP contribution is 1.99. The first-order chi connectivity index (χ1) is 6.24. The third-order valence-electron chi connectivity index (χ3n) is 2.06.